The maximum atomic E-state index is 12.4. The lowest BCUT2D eigenvalue weighted by Gasteiger charge is -2.27. The first-order valence-corrected chi connectivity index (χ1v) is 10.7. The third-order valence-electron chi connectivity index (χ3n) is 4.13. The van der Waals surface area contributed by atoms with Gasteiger partial charge in [0.05, 0.1) is 18.8 Å². The van der Waals surface area contributed by atoms with E-state index in [1.165, 1.54) is 34.0 Å². The molecule has 0 saturated heterocycles. The Kier molecular flexibility index (Phi) is 5.80. The van der Waals surface area contributed by atoms with Crippen molar-refractivity contribution in [1.82, 2.24) is 13.6 Å². The highest BCUT2D eigenvalue weighted by atomic mass is 32.2. The van der Waals surface area contributed by atoms with Gasteiger partial charge in [-0.1, -0.05) is 0 Å². The van der Waals surface area contributed by atoms with Gasteiger partial charge in [-0.05, 0) is 31.2 Å². The molecule has 0 aliphatic carbocycles. The molecule has 2 heterocycles. The summed E-state index contributed by atoms with van der Waals surface area (Å²) in [5, 5.41) is 3.27. The average molecular weight is 411 g/mol. The molecule has 8 nitrogen and oxygen atoms in total. The van der Waals surface area contributed by atoms with Crippen molar-refractivity contribution in [3.05, 3.63) is 40.4 Å². The minimum absolute atomic E-state index is 0.262. The maximum absolute atomic E-state index is 12.4. The third-order valence-corrected chi connectivity index (χ3v) is 7.02. The van der Waals surface area contributed by atoms with Crippen LogP contribution < -0.4 is 10.1 Å². The van der Waals surface area contributed by atoms with Crippen LogP contribution in [0.15, 0.2) is 24.3 Å². The van der Waals surface area contributed by atoms with E-state index in [0.717, 1.165) is 10.6 Å². The highest BCUT2D eigenvalue weighted by Crippen LogP contribution is 2.30. The lowest BCUT2D eigenvalue weighted by atomic mass is 10.2. The van der Waals surface area contributed by atoms with E-state index in [1.807, 2.05) is 6.92 Å². The number of amides is 1. The minimum Gasteiger partial charge on any atom is -0.494 e. The molecular formula is C17H22N4O4S2. The molecule has 0 saturated carbocycles. The van der Waals surface area contributed by atoms with Crippen LogP contribution >= 0.6 is 11.3 Å². The number of nitrogens with one attached hydrogen (secondary N) is 1. The average Bonchev–Trinajstić information content (AvgIpc) is 3.03. The predicted molar refractivity (Wildman–Crippen MR) is 104 cm³/mol. The van der Waals surface area contributed by atoms with Crippen molar-refractivity contribution in [2.75, 3.05) is 32.6 Å². The first-order chi connectivity index (χ1) is 12.8. The van der Waals surface area contributed by atoms with Crippen molar-refractivity contribution >= 4 is 32.6 Å². The Morgan fingerprint density at radius 2 is 2.04 bits per heavy atom. The van der Waals surface area contributed by atoms with Gasteiger partial charge in [0, 0.05) is 37.5 Å². The lowest BCUT2D eigenvalue weighted by molar-refractivity contribution is 0.102. The molecule has 0 atom stereocenters. The van der Waals surface area contributed by atoms with E-state index in [0.29, 0.717) is 36.0 Å². The Morgan fingerprint density at radius 3 is 2.67 bits per heavy atom. The zero-order valence-electron chi connectivity index (χ0n) is 15.4. The van der Waals surface area contributed by atoms with Crippen molar-refractivity contribution in [1.29, 1.82) is 0 Å². The summed E-state index contributed by atoms with van der Waals surface area (Å²) in [6.45, 7) is 3.11. The second-order valence-electron chi connectivity index (χ2n) is 6.17. The van der Waals surface area contributed by atoms with Crippen LogP contribution in [-0.4, -0.2) is 55.2 Å². The summed E-state index contributed by atoms with van der Waals surface area (Å²) in [6.07, 6.45) is 0.526. The number of rotatable bonds is 6. The summed E-state index contributed by atoms with van der Waals surface area (Å²) < 4.78 is 32.6. The summed E-state index contributed by atoms with van der Waals surface area (Å²) >= 11 is 1.31. The van der Waals surface area contributed by atoms with Gasteiger partial charge in [-0.15, -0.1) is 11.3 Å². The number of ether oxygens (including phenoxy) is 1. The quantitative estimate of drug-likeness (QED) is 0.786. The van der Waals surface area contributed by atoms with Crippen molar-refractivity contribution < 1.29 is 17.9 Å². The molecule has 2 aromatic rings. The molecule has 27 heavy (non-hydrogen) atoms. The van der Waals surface area contributed by atoms with Gasteiger partial charge in [0.1, 0.15) is 5.75 Å². The lowest BCUT2D eigenvalue weighted by Crippen LogP contribution is -2.42. The van der Waals surface area contributed by atoms with Crippen molar-refractivity contribution in [3.8, 4) is 5.75 Å². The van der Waals surface area contributed by atoms with Crippen LogP contribution in [0.5, 0.6) is 5.75 Å². The number of fused-ring (bicyclic) bond motifs is 1. The second-order valence-corrected chi connectivity index (χ2v) is 9.40. The molecule has 1 aromatic heterocycles. The zero-order valence-corrected chi connectivity index (χ0v) is 17.1. The van der Waals surface area contributed by atoms with Crippen LogP contribution in [0, 0.1) is 0 Å². The Labute approximate surface area is 163 Å². The SMILES string of the molecule is CCOc1ccc(C(=O)Nc2nc3c(s2)CN(S(=O)(=O)N(C)C)CC3)cc1. The molecule has 1 aliphatic heterocycles. The molecule has 10 heteroatoms. The molecule has 1 aromatic carbocycles. The van der Waals surface area contributed by atoms with Crippen LogP contribution in [0.3, 0.4) is 0 Å². The van der Waals surface area contributed by atoms with Gasteiger partial charge >= 0.3 is 0 Å². The Bertz CT molecular complexity index is 923. The predicted octanol–water partition coefficient (Wildman–Crippen LogP) is 1.96. The fraction of sp³-hybridized carbons (Fsp3) is 0.412. The van der Waals surface area contributed by atoms with Gasteiger partial charge in [-0.2, -0.15) is 17.0 Å². The van der Waals surface area contributed by atoms with E-state index in [-0.39, 0.29) is 12.5 Å². The Balaban J connectivity index is 1.70. The highest BCUT2D eigenvalue weighted by molar-refractivity contribution is 7.86. The van der Waals surface area contributed by atoms with E-state index in [1.54, 1.807) is 24.3 Å². The van der Waals surface area contributed by atoms with Crippen LogP contribution in [0.25, 0.3) is 0 Å². The monoisotopic (exact) mass is 410 g/mol. The number of hydrogen-bond donors (Lipinski definition) is 1. The fourth-order valence-electron chi connectivity index (χ4n) is 2.69. The van der Waals surface area contributed by atoms with Gasteiger partial charge in [-0.25, -0.2) is 4.98 Å². The smallest absolute Gasteiger partial charge is 0.281 e. The summed E-state index contributed by atoms with van der Waals surface area (Å²) in [5.41, 5.74) is 1.34. The van der Waals surface area contributed by atoms with Gasteiger partial charge in [0.25, 0.3) is 16.1 Å². The second kappa shape index (κ2) is 7.93. The number of hydrogen-bond acceptors (Lipinski definition) is 6. The van der Waals surface area contributed by atoms with Crippen LogP contribution in [0.4, 0.5) is 5.13 Å². The van der Waals surface area contributed by atoms with Gasteiger partial charge < -0.3 is 4.74 Å². The van der Waals surface area contributed by atoms with Gasteiger partial charge in [0.2, 0.25) is 0 Å². The van der Waals surface area contributed by atoms with Crippen molar-refractivity contribution in [3.63, 3.8) is 0 Å². The number of aromatic nitrogens is 1. The Morgan fingerprint density at radius 1 is 1.33 bits per heavy atom. The summed E-state index contributed by atoms with van der Waals surface area (Å²) in [5.74, 6) is 0.447. The molecule has 0 radical (unpaired) electrons. The number of carbonyl (C=O) groups excluding carboxylic acids is 1. The van der Waals surface area contributed by atoms with Gasteiger partial charge in [0.15, 0.2) is 5.13 Å². The summed E-state index contributed by atoms with van der Waals surface area (Å²) in [4.78, 5) is 17.7. The molecule has 146 valence electrons. The van der Waals surface area contributed by atoms with Crippen LogP contribution in [-0.2, 0) is 23.2 Å². The van der Waals surface area contributed by atoms with Crippen molar-refractivity contribution in [2.45, 2.75) is 19.9 Å². The van der Waals surface area contributed by atoms with E-state index in [9.17, 15) is 13.2 Å². The number of nitrogens with zero attached hydrogens (tertiary/aromatic N) is 3. The highest BCUT2D eigenvalue weighted by Gasteiger charge is 2.30. The van der Waals surface area contributed by atoms with Crippen LogP contribution in [0.1, 0.15) is 27.9 Å². The maximum Gasteiger partial charge on any atom is 0.281 e. The normalized spacial score (nSPS) is 14.8. The zero-order chi connectivity index (χ0) is 19.6. The molecule has 0 bridgehead atoms. The topological polar surface area (TPSA) is 91.8 Å². The number of anilines is 1. The molecule has 0 spiro atoms. The number of benzene rings is 1. The van der Waals surface area contributed by atoms with E-state index in [2.05, 4.69) is 10.3 Å². The third kappa shape index (κ3) is 4.29. The van der Waals surface area contributed by atoms with E-state index >= 15 is 0 Å². The van der Waals surface area contributed by atoms with Crippen LogP contribution in [0.2, 0.25) is 0 Å². The molecular weight excluding hydrogens is 388 g/mol. The standard InChI is InChI=1S/C17H22N4O4S2/c1-4-25-13-7-5-12(6-8-13)16(22)19-17-18-14-9-10-21(11-15(14)26-17)27(23,24)20(2)3/h5-8H,4,9-11H2,1-3H3,(H,18,19,22). The first kappa shape index (κ1) is 19.7. The Hall–Kier alpha value is -2.01. The van der Waals surface area contributed by atoms with Gasteiger partial charge in [-0.3, -0.25) is 10.1 Å². The fourth-order valence-corrected chi connectivity index (χ4v) is 4.87. The molecule has 1 N–H and O–H groups in total. The van der Waals surface area contributed by atoms with E-state index < -0.39 is 10.2 Å². The van der Waals surface area contributed by atoms with E-state index in [4.69, 9.17) is 4.74 Å². The number of thiazole rings is 1. The molecule has 3 rings (SSSR count). The molecule has 0 fully saturated rings. The molecule has 1 amide bonds. The first-order valence-electron chi connectivity index (χ1n) is 8.51. The molecule has 1 aliphatic rings. The summed E-state index contributed by atoms with van der Waals surface area (Å²) in [7, 11) is -0.434. The summed E-state index contributed by atoms with van der Waals surface area (Å²) in [6, 6.07) is 6.88. The largest absolute Gasteiger partial charge is 0.494 e. The molecule has 0 unspecified atom stereocenters. The minimum atomic E-state index is -3.46. The van der Waals surface area contributed by atoms with Crippen molar-refractivity contribution in [2.24, 2.45) is 0 Å². The number of carbonyl (C=O) groups is 1.